The third kappa shape index (κ3) is 5.42. The predicted molar refractivity (Wildman–Crippen MR) is 140 cm³/mol. The van der Waals surface area contributed by atoms with Gasteiger partial charge in [0.15, 0.2) is 0 Å². The zero-order valence-electron chi connectivity index (χ0n) is 20.3. The first kappa shape index (κ1) is 24.8. The molecule has 0 fully saturated rings. The number of carbonyl (C=O) groups is 1. The zero-order chi connectivity index (χ0) is 26.7. The second-order valence-electron chi connectivity index (χ2n) is 8.72. The van der Waals surface area contributed by atoms with Crippen molar-refractivity contribution in [1.29, 1.82) is 0 Å². The van der Waals surface area contributed by atoms with Crippen LogP contribution in [-0.2, 0) is 12.7 Å². The Balaban J connectivity index is 1.40. The van der Waals surface area contributed by atoms with Crippen molar-refractivity contribution >= 4 is 22.4 Å². The molecule has 5 aromatic rings. The summed E-state index contributed by atoms with van der Waals surface area (Å²) >= 11 is 0. The number of hydrogen-bond donors (Lipinski definition) is 1. The summed E-state index contributed by atoms with van der Waals surface area (Å²) in [7, 11) is 0. The van der Waals surface area contributed by atoms with E-state index in [0.29, 0.717) is 5.56 Å². The molecule has 1 N–H and O–H groups in total. The normalized spacial score (nSPS) is 11.2. The van der Waals surface area contributed by atoms with Crippen molar-refractivity contribution in [2.24, 2.45) is 0 Å². The highest BCUT2D eigenvalue weighted by molar-refractivity contribution is 6.04. The highest BCUT2D eigenvalue weighted by atomic mass is 19.4. The van der Waals surface area contributed by atoms with Crippen LogP contribution in [0.5, 0.6) is 0 Å². The maximum atomic E-state index is 13.8. The Morgan fingerprint density at radius 3 is 2.58 bits per heavy atom. The number of amides is 1. The van der Waals surface area contributed by atoms with Crippen LogP contribution < -0.4 is 5.32 Å². The molecule has 8 heteroatoms. The summed E-state index contributed by atoms with van der Waals surface area (Å²) in [6.07, 6.45) is 1.96. The lowest BCUT2D eigenvalue weighted by atomic mass is 10.0. The number of aryl methyl sites for hydroxylation is 1. The Labute approximate surface area is 217 Å². The summed E-state index contributed by atoms with van der Waals surface area (Å²) in [4.78, 5) is 17.2. The molecule has 1 amide bonds. The van der Waals surface area contributed by atoms with Gasteiger partial charge >= 0.3 is 6.18 Å². The minimum absolute atomic E-state index is 0.0394. The number of carbonyl (C=O) groups excluding carboxylic acids is 1. The molecule has 0 spiro atoms. The number of fused-ring (bicyclic) bond motifs is 1. The van der Waals surface area contributed by atoms with Crippen LogP contribution in [0.2, 0.25) is 0 Å². The third-order valence-electron chi connectivity index (χ3n) is 6.06. The fraction of sp³-hybridized carbons (Fsp3) is 0.100. The van der Waals surface area contributed by atoms with Crippen LogP contribution in [0.25, 0.3) is 10.8 Å². The average Bonchev–Trinajstić information content (AvgIpc) is 3.41. The van der Waals surface area contributed by atoms with Gasteiger partial charge in [0, 0.05) is 52.4 Å². The SMILES string of the molecule is Cc1ccc(C(=O)Nc2ccc(Cn3cccn3)c(C(F)(F)F)c2)cc1C#Cc1cncc2ccccc12. The van der Waals surface area contributed by atoms with E-state index in [1.165, 1.54) is 23.0 Å². The molecule has 0 bridgehead atoms. The van der Waals surface area contributed by atoms with Crippen molar-refractivity contribution in [3.8, 4) is 11.8 Å². The Bertz CT molecular complexity index is 1690. The Morgan fingerprint density at radius 2 is 1.79 bits per heavy atom. The molecule has 0 saturated heterocycles. The summed E-state index contributed by atoms with van der Waals surface area (Å²) in [5.74, 6) is 5.71. The van der Waals surface area contributed by atoms with Gasteiger partial charge in [-0.2, -0.15) is 18.3 Å². The van der Waals surface area contributed by atoms with E-state index in [0.717, 1.165) is 28.0 Å². The topological polar surface area (TPSA) is 59.8 Å². The van der Waals surface area contributed by atoms with Gasteiger partial charge in [-0.1, -0.05) is 48.2 Å². The second-order valence-corrected chi connectivity index (χ2v) is 8.72. The van der Waals surface area contributed by atoms with Gasteiger partial charge in [-0.05, 0) is 48.4 Å². The second kappa shape index (κ2) is 10.2. The first-order valence-electron chi connectivity index (χ1n) is 11.7. The van der Waals surface area contributed by atoms with Gasteiger partial charge in [-0.15, -0.1) is 0 Å². The summed E-state index contributed by atoms with van der Waals surface area (Å²) in [5.41, 5.74) is 1.81. The van der Waals surface area contributed by atoms with Crippen molar-refractivity contribution < 1.29 is 18.0 Å². The fourth-order valence-corrected chi connectivity index (χ4v) is 4.08. The number of alkyl halides is 3. The monoisotopic (exact) mass is 510 g/mol. The Morgan fingerprint density at radius 1 is 0.974 bits per heavy atom. The summed E-state index contributed by atoms with van der Waals surface area (Å²) in [6, 6.07) is 18.2. The number of nitrogens with zero attached hydrogens (tertiary/aromatic N) is 3. The van der Waals surface area contributed by atoms with E-state index in [9.17, 15) is 18.0 Å². The number of halogens is 3. The summed E-state index contributed by atoms with van der Waals surface area (Å²) in [6.45, 7) is 1.84. The largest absolute Gasteiger partial charge is 0.416 e. The fourth-order valence-electron chi connectivity index (χ4n) is 4.08. The summed E-state index contributed by atoms with van der Waals surface area (Å²) in [5, 5.41) is 8.50. The van der Waals surface area contributed by atoms with Gasteiger partial charge in [0.1, 0.15) is 0 Å². The number of pyridine rings is 1. The van der Waals surface area contributed by atoms with Gasteiger partial charge < -0.3 is 5.32 Å². The molecule has 38 heavy (non-hydrogen) atoms. The smallest absolute Gasteiger partial charge is 0.322 e. The van der Waals surface area contributed by atoms with Crippen LogP contribution >= 0.6 is 0 Å². The van der Waals surface area contributed by atoms with E-state index in [-0.39, 0.29) is 23.4 Å². The standard InChI is InChI=1S/C30H21F3N4O/c1-20-7-8-22(15-21(20)9-10-24-18-34-17-23-5-2-3-6-27(23)24)29(38)36-26-12-11-25(19-37-14-4-13-35-37)28(16-26)30(31,32)33/h2-8,11-18H,19H2,1H3,(H,36,38). The molecule has 5 rings (SSSR count). The van der Waals surface area contributed by atoms with Crippen LogP contribution in [0, 0.1) is 18.8 Å². The molecular weight excluding hydrogens is 489 g/mol. The molecule has 0 aliphatic carbocycles. The number of benzene rings is 3. The number of anilines is 1. The van der Waals surface area contributed by atoms with Gasteiger partial charge in [0.25, 0.3) is 5.91 Å². The van der Waals surface area contributed by atoms with Gasteiger partial charge in [0.2, 0.25) is 0 Å². The van der Waals surface area contributed by atoms with E-state index in [4.69, 9.17) is 0 Å². The molecule has 0 aliphatic heterocycles. The molecule has 0 aliphatic rings. The lowest BCUT2D eigenvalue weighted by Crippen LogP contribution is -2.16. The zero-order valence-corrected chi connectivity index (χ0v) is 20.3. The van der Waals surface area contributed by atoms with Crippen LogP contribution in [0.1, 0.15) is 38.2 Å². The van der Waals surface area contributed by atoms with E-state index in [2.05, 4.69) is 27.2 Å². The number of rotatable bonds is 4. The molecule has 188 valence electrons. The molecule has 2 aromatic heterocycles. The molecule has 0 saturated carbocycles. The number of aromatic nitrogens is 3. The van der Waals surface area contributed by atoms with Crippen LogP contribution in [-0.4, -0.2) is 20.7 Å². The van der Waals surface area contributed by atoms with Crippen LogP contribution in [0.4, 0.5) is 18.9 Å². The third-order valence-corrected chi connectivity index (χ3v) is 6.06. The van der Waals surface area contributed by atoms with Gasteiger partial charge in [-0.25, -0.2) is 0 Å². The lowest BCUT2D eigenvalue weighted by Gasteiger charge is -2.15. The van der Waals surface area contributed by atoms with Crippen LogP contribution in [0.15, 0.2) is 91.5 Å². The van der Waals surface area contributed by atoms with E-state index < -0.39 is 17.6 Å². The number of hydrogen-bond acceptors (Lipinski definition) is 3. The molecule has 0 unspecified atom stereocenters. The molecule has 3 aromatic carbocycles. The number of nitrogens with one attached hydrogen (secondary N) is 1. The minimum atomic E-state index is -4.59. The van der Waals surface area contributed by atoms with Gasteiger partial charge in [-0.3, -0.25) is 14.5 Å². The van der Waals surface area contributed by atoms with E-state index >= 15 is 0 Å². The first-order chi connectivity index (χ1) is 18.3. The Kier molecular flexibility index (Phi) is 6.67. The maximum Gasteiger partial charge on any atom is 0.416 e. The highest BCUT2D eigenvalue weighted by Crippen LogP contribution is 2.34. The first-order valence-corrected chi connectivity index (χ1v) is 11.7. The van der Waals surface area contributed by atoms with Crippen molar-refractivity contribution in [3.63, 3.8) is 0 Å². The van der Waals surface area contributed by atoms with Crippen molar-refractivity contribution in [2.45, 2.75) is 19.6 Å². The average molecular weight is 511 g/mol. The lowest BCUT2D eigenvalue weighted by molar-refractivity contribution is -0.138. The van der Waals surface area contributed by atoms with Gasteiger partial charge in [0.05, 0.1) is 17.7 Å². The Hall–Kier alpha value is -4.90. The van der Waals surface area contributed by atoms with E-state index in [1.807, 2.05) is 31.2 Å². The predicted octanol–water partition coefficient (Wildman–Crippen LogP) is 6.46. The molecule has 0 radical (unpaired) electrons. The highest BCUT2D eigenvalue weighted by Gasteiger charge is 2.33. The minimum Gasteiger partial charge on any atom is -0.322 e. The van der Waals surface area contributed by atoms with Crippen molar-refractivity contribution in [2.75, 3.05) is 5.32 Å². The molecular formula is C30H21F3N4O. The molecule has 2 heterocycles. The van der Waals surface area contributed by atoms with Crippen molar-refractivity contribution in [1.82, 2.24) is 14.8 Å². The van der Waals surface area contributed by atoms with E-state index in [1.54, 1.807) is 42.9 Å². The van der Waals surface area contributed by atoms with Crippen molar-refractivity contribution in [3.05, 3.63) is 125 Å². The maximum absolute atomic E-state index is 13.8. The molecule has 0 atom stereocenters. The van der Waals surface area contributed by atoms with Crippen LogP contribution in [0.3, 0.4) is 0 Å². The summed E-state index contributed by atoms with van der Waals surface area (Å²) < 4.78 is 42.7. The quantitative estimate of drug-likeness (QED) is 0.282. The molecule has 5 nitrogen and oxygen atoms in total.